The van der Waals surface area contributed by atoms with Crippen LogP contribution in [0.1, 0.15) is 0 Å². The molecule has 0 aliphatic carbocycles. The van der Waals surface area contributed by atoms with E-state index < -0.39 is 0 Å². The minimum Gasteiger partial charge on any atom is -0.456 e. The molecule has 0 unspecified atom stereocenters. The fourth-order valence-electron chi connectivity index (χ4n) is 9.49. The van der Waals surface area contributed by atoms with Crippen LogP contribution in [0.25, 0.3) is 128 Å². The molecule has 0 bridgehead atoms. The van der Waals surface area contributed by atoms with Gasteiger partial charge in [0.05, 0.1) is 22.1 Å². The number of hydrogen-bond donors (Lipinski definition) is 0. The van der Waals surface area contributed by atoms with E-state index in [0.29, 0.717) is 11.5 Å². The summed E-state index contributed by atoms with van der Waals surface area (Å²) in [7, 11) is 0. The van der Waals surface area contributed by atoms with Crippen LogP contribution >= 0.6 is 0 Å². The van der Waals surface area contributed by atoms with Crippen LogP contribution in [0.15, 0.2) is 221 Å². The Balaban J connectivity index is 1.00. The Morgan fingerprint density at radius 2 is 0.889 bits per heavy atom. The minimum atomic E-state index is 0.545. The summed E-state index contributed by atoms with van der Waals surface area (Å²) in [5.41, 5.74) is 15.9. The van der Waals surface area contributed by atoms with Crippen LogP contribution in [-0.2, 0) is 0 Å². The van der Waals surface area contributed by atoms with Gasteiger partial charge in [0.1, 0.15) is 16.7 Å². The first-order chi connectivity index (χ1) is 31.2. The highest BCUT2D eigenvalue weighted by Crippen LogP contribution is 2.44. The summed E-state index contributed by atoms with van der Waals surface area (Å²) in [5.74, 6) is 0.602. The second-order valence-corrected chi connectivity index (χ2v) is 16.1. The standard InChI is InChI=1S/C58H35N3O2/c1-4-14-36(15-5-1)39-20-12-21-43(32-39)61-49-24-11-10-22-44(49)46-33-41(26-29-50(46)61)42-28-30-51-47(35-42)54-45(23-13-25-53(54)62-51)56-55-48-34-40(37-16-6-2-7-17-37)27-31-52(48)63-58(55)60-57(59-56)38-18-8-3-9-19-38/h1-35H. The van der Waals surface area contributed by atoms with E-state index in [4.69, 9.17) is 18.8 Å². The van der Waals surface area contributed by atoms with E-state index >= 15 is 0 Å². The van der Waals surface area contributed by atoms with Gasteiger partial charge in [0.2, 0.25) is 5.71 Å². The van der Waals surface area contributed by atoms with Gasteiger partial charge >= 0.3 is 0 Å². The first-order valence-corrected chi connectivity index (χ1v) is 21.2. The van der Waals surface area contributed by atoms with Gasteiger partial charge in [0.15, 0.2) is 5.82 Å². The van der Waals surface area contributed by atoms with Crippen LogP contribution in [0, 0.1) is 0 Å². The number of benzene rings is 9. The molecule has 9 aromatic carbocycles. The molecular formula is C58H35N3O2. The maximum absolute atomic E-state index is 6.63. The number of fused-ring (bicyclic) bond motifs is 9. The Labute approximate surface area is 361 Å². The Hall–Kier alpha value is -8.54. The van der Waals surface area contributed by atoms with E-state index in [1.165, 1.54) is 27.4 Å². The van der Waals surface area contributed by atoms with Gasteiger partial charge in [-0.1, -0.05) is 152 Å². The summed E-state index contributed by atoms with van der Waals surface area (Å²) in [6.45, 7) is 0. The van der Waals surface area contributed by atoms with Crippen molar-refractivity contribution in [2.45, 2.75) is 0 Å². The van der Waals surface area contributed by atoms with Crippen molar-refractivity contribution in [3.63, 3.8) is 0 Å². The first kappa shape index (κ1) is 35.2. The molecule has 0 fully saturated rings. The van der Waals surface area contributed by atoms with Crippen LogP contribution in [0.4, 0.5) is 0 Å². The molecule has 0 aliphatic heterocycles. The lowest BCUT2D eigenvalue weighted by molar-refractivity contribution is 0.653. The van der Waals surface area contributed by atoms with Gasteiger partial charge < -0.3 is 13.4 Å². The highest BCUT2D eigenvalue weighted by molar-refractivity contribution is 6.19. The van der Waals surface area contributed by atoms with Gasteiger partial charge in [-0.05, 0) is 94.0 Å². The van der Waals surface area contributed by atoms with Crippen LogP contribution in [0.5, 0.6) is 0 Å². The van der Waals surface area contributed by atoms with E-state index in [2.05, 4.69) is 162 Å². The maximum atomic E-state index is 6.63. The molecule has 0 N–H and O–H groups in total. The lowest BCUT2D eigenvalue weighted by atomic mass is 9.96. The fourth-order valence-corrected chi connectivity index (χ4v) is 9.49. The molecule has 0 atom stereocenters. The zero-order valence-corrected chi connectivity index (χ0v) is 33.9. The topological polar surface area (TPSA) is 57.0 Å². The predicted molar refractivity (Wildman–Crippen MR) is 258 cm³/mol. The fraction of sp³-hybridized carbons (Fsp3) is 0. The summed E-state index contributed by atoms with van der Waals surface area (Å²) < 4.78 is 15.6. The molecule has 0 saturated carbocycles. The predicted octanol–water partition coefficient (Wildman–Crippen LogP) is 15.7. The lowest BCUT2D eigenvalue weighted by Gasteiger charge is -2.11. The molecule has 13 aromatic rings. The quantitative estimate of drug-likeness (QED) is 0.168. The van der Waals surface area contributed by atoms with Crippen molar-refractivity contribution >= 4 is 65.8 Å². The largest absolute Gasteiger partial charge is 0.456 e. The van der Waals surface area contributed by atoms with E-state index in [-0.39, 0.29) is 0 Å². The molecule has 4 aromatic heterocycles. The van der Waals surface area contributed by atoms with Gasteiger partial charge in [-0.15, -0.1) is 0 Å². The zero-order chi connectivity index (χ0) is 41.4. The Morgan fingerprint density at radius 3 is 1.63 bits per heavy atom. The first-order valence-electron chi connectivity index (χ1n) is 21.2. The molecule has 0 saturated heterocycles. The molecule has 0 spiro atoms. The molecule has 13 rings (SSSR count). The Morgan fingerprint density at radius 1 is 0.333 bits per heavy atom. The van der Waals surface area contributed by atoms with Crippen LogP contribution in [0.3, 0.4) is 0 Å². The molecule has 63 heavy (non-hydrogen) atoms. The van der Waals surface area contributed by atoms with Crippen molar-refractivity contribution in [1.82, 2.24) is 14.5 Å². The van der Waals surface area contributed by atoms with E-state index in [9.17, 15) is 0 Å². The molecule has 0 amide bonds. The molecular weight excluding hydrogens is 771 g/mol. The second kappa shape index (κ2) is 14.0. The molecule has 0 radical (unpaired) electrons. The number of para-hydroxylation sites is 1. The van der Waals surface area contributed by atoms with Crippen molar-refractivity contribution in [1.29, 1.82) is 0 Å². The Kier molecular flexibility index (Phi) is 7.84. The van der Waals surface area contributed by atoms with Gasteiger partial charge in [0, 0.05) is 43.7 Å². The summed E-state index contributed by atoms with van der Waals surface area (Å²) in [5, 5.41) is 6.26. The van der Waals surface area contributed by atoms with Crippen molar-refractivity contribution in [2.75, 3.05) is 0 Å². The third-order valence-corrected chi connectivity index (χ3v) is 12.4. The number of hydrogen-bond acceptors (Lipinski definition) is 4. The lowest BCUT2D eigenvalue weighted by Crippen LogP contribution is -1.94. The van der Waals surface area contributed by atoms with Gasteiger partial charge in [-0.25, -0.2) is 4.98 Å². The molecule has 4 heterocycles. The third kappa shape index (κ3) is 5.71. The van der Waals surface area contributed by atoms with Crippen molar-refractivity contribution in [3.05, 3.63) is 212 Å². The van der Waals surface area contributed by atoms with Crippen molar-refractivity contribution in [2.24, 2.45) is 0 Å². The summed E-state index contributed by atoms with van der Waals surface area (Å²) in [6, 6.07) is 74.6. The summed E-state index contributed by atoms with van der Waals surface area (Å²) >= 11 is 0. The normalized spacial score (nSPS) is 11.8. The molecule has 0 aliphatic rings. The Bertz CT molecular complexity index is 3900. The smallest absolute Gasteiger partial charge is 0.231 e. The SMILES string of the molecule is c1ccc(-c2cccc(-n3c4ccccc4c4cc(-c5ccc6oc7cccc(-c8nc(-c9ccccc9)nc9oc%10ccc(-c%11ccccc%11)cc%10c89)c7c6c5)ccc43)c2)cc1. The third-order valence-electron chi connectivity index (χ3n) is 12.4. The second-order valence-electron chi connectivity index (χ2n) is 16.1. The van der Waals surface area contributed by atoms with E-state index in [1.807, 2.05) is 54.6 Å². The number of furan rings is 2. The van der Waals surface area contributed by atoms with Crippen molar-refractivity contribution < 1.29 is 8.83 Å². The van der Waals surface area contributed by atoms with Gasteiger partial charge in [-0.2, -0.15) is 4.98 Å². The highest BCUT2D eigenvalue weighted by Gasteiger charge is 2.23. The molecule has 294 valence electrons. The van der Waals surface area contributed by atoms with Crippen LogP contribution in [0.2, 0.25) is 0 Å². The molecule has 5 heteroatoms. The molecule has 5 nitrogen and oxygen atoms in total. The van der Waals surface area contributed by atoms with Crippen LogP contribution < -0.4 is 0 Å². The maximum Gasteiger partial charge on any atom is 0.231 e. The number of aromatic nitrogens is 3. The zero-order valence-electron chi connectivity index (χ0n) is 33.9. The average molecular weight is 806 g/mol. The van der Waals surface area contributed by atoms with Gasteiger partial charge in [0.25, 0.3) is 0 Å². The van der Waals surface area contributed by atoms with E-state index in [1.54, 1.807) is 0 Å². The monoisotopic (exact) mass is 805 g/mol. The summed E-state index contributed by atoms with van der Waals surface area (Å²) in [4.78, 5) is 10.4. The van der Waals surface area contributed by atoms with Gasteiger partial charge in [-0.3, -0.25) is 0 Å². The minimum absolute atomic E-state index is 0.545. The van der Waals surface area contributed by atoms with Crippen LogP contribution in [-0.4, -0.2) is 14.5 Å². The number of nitrogens with zero attached hydrogens (tertiary/aromatic N) is 3. The average Bonchev–Trinajstić information content (AvgIpc) is 4.03. The van der Waals surface area contributed by atoms with Crippen molar-refractivity contribution in [3.8, 4) is 61.7 Å². The van der Waals surface area contributed by atoms with E-state index in [0.717, 1.165) is 88.6 Å². The summed E-state index contributed by atoms with van der Waals surface area (Å²) in [6.07, 6.45) is 0. The number of rotatable bonds is 6. The highest BCUT2D eigenvalue weighted by atomic mass is 16.3.